The van der Waals surface area contributed by atoms with Gasteiger partial charge in [-0.25, -0.2) is 13.6 Å². The number of hydrogen-bond acceptors (Lipinski definition) is 3. The van der Waals surface area contributed by atoms with Crippen LogP contribution in [0.5, 0.6) is 5.75 Å². The summed E-state index contributed by atoms with van der Waals surface area (Å²) in [6, 6.07) is 4.68. The lowest BCUT2D eigenvalue weighted by molar-refractivity contribution is 0.346. The van der Waals surface area contributed by atoms with Gasteiger partial charge in [-0.15, -0.1) is 0 Å². The number of sulfonamides is 1. The van der Waals surface area contributed by atoms with Gasteiger partial charge in [-0.3, -0.25) is 0 Å². The minimum atomic E-state index is -3.71. The molecule has 4 nitrogen and oxygen atoms in total. The SMILES string of the molecule is CCC(C)c1cc(S(N)(=O)=O)ccc1OC/C(C)=C/Cl. The summed E-state index contributed by atoms with van der Waals surface area (Å²) < 4.78 is 28.6. The standard InChI is InChI=1S/C14H20ClNO3S/c1-4-11(3)13-7-12(20(16,17)18)5-6-14(13)19-9-10(2)8-15/h5-8,11H,4,9H2,1-3H3,(H2,16,17,18)/b10-8+. The van der Waals surface area contributed by atoms with Crippen molar-refractivity contribution in [2.45, 2.75) is 38.0 Å². The number of primary sulfonamides is 1. The van der Waals surface area contributed by atoms with Crippen LogP contribution in [0.4, 0.5) is 0 Å². The van der Waals surface area contributed by atoms with Gasteiger partial charge < -0.3 is 4.74 Å². The van der Waals surface area contributed by atoms with Gasteiger partial charge in [-0.05, 0) is 48.6 Å². The smallest absolute Gasteiger partial charge is 0.238 e. The molecule has 1 rings (SSSR count). The first-order valence-corrected chi connectivity index (χ1v) is 8.33. The number of hydrogen-bond donors (Lipinski definition) is 1. The highest BCUT2D eigenvalue weighted by molar-refractivity contribution is 7.89. The number of halogens is 1. The molecule has 0 saturated carbocycles. The second-order valence-electron chi connectivity index (χ2n) is 4.80. The summed E-state index contributed by atoms with van der Waals surface area (Å²) in [7, 11) is -3.71. The molecule has 2 N–H and O–H groups in total. The Morgan fingerprint density at radius 3 is 2.65 bits per heavy atom. The Morgan fingerprint density at radius 2 is 2.15 bits per heavy atom. The molecule has 0 aliphatic carbocycles. The van der Waals surface area contributed by atoms with Crippen molar-refractivity contribution in [1.82, 2.24) is 0 Å². The van der Waals surface area contributed by atoms with E-state index in [4.69, 9.17) is 21.5 Å². The van der Waals surface area contributed by atoms with Crippen molar-refractivity contribution >= 4 is 21.6 Å². The molecule has 0 aromatic heterocycles. The first kappa shape index (κ1) is 17.0. The van der Waals surface area contributed by atoms with Crippen LogP contribution < -0.4 is 9.88 Å². The second-order valence-corrected chi connectivity index (χ2v) is 6.58. The van der Waals surface area contributed by atoms with E-state index in [2.05, 4.69) is 0 Å². The second kappa shape index (κ2) is 7.11. The molecule has 20 heavy (non-hydrogen) atoms. The van der Waals surface area contributed by atoms with Crippen molar-refractivity contribution in [2.24, 2.45) is 5.14 Å². The van der Waals surface area contributed by atoms with E-state index in [0.717, 1.165) is 17.6 Å². The summed E-state index contributed by atoms with van der Waals surface area (Å²) in [5, 5.41) is 5.17. The predicted octanol–water partition coefficient (Wildman–Crippen LogP) is 3.37. The van der Waals surface area contributed by atoms with E-state index >= 15 is 0 Å². The summed E-state index contributed by atoms with van der Waals surface area (Å²) in [4.78, 5) is 0.102. The summed E-state index contributed by atoms with van der Waals surface area (Å²) in [5.74, 6) is 0.830. The molecule has 1 aromatic carbocycles. The Labute approximate surface area is 125 Å². The normalized spacial score (nSPS) is 14.2. The van der Waals surface area contributed by atoms with Gasteiger partial charge in [0.1, 0.15) is 12.4 Å². The van der Waals surface area contributed by atoms with Gasteiger partial charge in [-0.1, -0.05) is 25.4 Å². The number of nitrogens with two attached hydrogens (primary N) is 1. The van der Waals surface area contributed by atoms with Gasteiger partial charge in [0.25, 0.3) is 0 Å². The quantitative estimate of drug-likeness (QED) is 0.874. The van der Waals surface area contributed by atoms with Gasteiger partial charge in [0.15, 0.2) is 0 Å². The maximum atomic E-state index is 11.4. The highest BCUT2D eigenvalue weighted by atomic mass is 35.5. The molecule has 112 valence electrons. The van der Waals surface area contributed by atoms with Crippen molar-refractivity contribution in [3.05, 3.63) is 34.9 Å². The molecule has 0 spiro atoms. The predicted molar refractivity (Wildman–Crippen MR) is 81.6 cm³/mol. The molecule has 0 heterocycles. The average molecular weight is 318 g/mol. The first-order chi connectivity index (χ1) is 9.29. The largest absolute Gasteiger partial charge is 0.489 e. The van der Waals surface area contributed by atoms with Crippen LogP contribution in [0, 0.1) is 0 Å². The van der Waals surface area contributed by atoms with E-state index in [1.54, 1.807) is 12.1 Å². The zero-order valence-electron chi connectivity index (χ0n) is 11.9. The lowest BCUT2D eigenvalue weighted by Crippen LogP contribution is -2.13. The zero-order chi connectivity index (χ0) is 15.3. The lowest BCUT2D eigenvalue weighted by atomic mass is 9.98. The Hall–Kier alpha value is -1.04. The Morgan fingerprint density at radius 1 is 1.50 bits per heavy atom. The highest BCUT2D eigenvalue weighted by Gasteiger charge is 2.16. The summed E-state index contributed by atoms with van der Waals surface area (Å²) in [5.41, 5.74) is 3.18. The van der Waals surface area contributed by atoms with Crippen LogP contribution >= 0.6 is 11.6 Å². The van der Waals surface area contributed by atoms with Crippen LogP contribution in [0.15, 0.2) is 34.2 Å². The van der Waals surface area contributed by atoms with Gasteiger partial charge in [0.2, 0.25) is 10.0 Å². The monoisotopic (exact) mass is 317 g/mol. The number of ether oxygens (including phenoxy) is 1. The molecule has 1 unspecified atom stereocenters. The fourth-order valence-corrected chi connectivity index (χ4v) is 2.28. The third-order valence-electron chi connectivity index (χ3n) is 3.09. The molecular formula is C14H20ClNO3S. The molecule has 0 radical (unpaired) electrons. The topological polar surface area (TPSA) is 69.4 Å². The Bertz CT molecular complexity index is 596. The van der Waals surface area contributed by atoms with Crippen LogP contribution in [0.25, 0.3) is 0 Å². The van der Waals surface area contributed by atoms with Crippen molar-refractivity contribution in [3.8, 4) is 5.75 Å². The van der Waals surface area contributed by atoms with Gasteiger partial charge in [-0.2, -0.15) is 0 Å². The van der Waals surface area contributed by atoms with E-state index < -0.39 is 10.0 Å². The maximum Gasteiger partial charge on any atom is 0.238 e. The fourth-order valence-electron chi connectivity index (χ4n) is 1.66. The third kappa shape index (κ3) is 4.51. The number of benzene rings is 1. The molecule has 0 saturated heterocycles. The molecule has 6 heteroatoms. The van der Waals surface area contributed by atoms with Crippen molar-refractivity contribution in [3.63, 3.8) is 0 Å². The molecule has 0 bridgehead atoms. The van der Waals surface area contributed by atoms with Crippen molar-refractivity contribution in [2.75, 3.05) is 6.61 Å². The Balaban J connectivity index is 3.17. The summed E-state index contributed by atoms with van der Waals surface area (Å²) in [6.45, 7) is 6.26. The molecule has 0 aliphatic heterocycles. The van der Waals surface area contributed by atoms with Gasteiger partial charge >= 0.3 is 0 Å². The van der Waals surface area contributed by atoms with E-state index in [1.807, 2.05) is 20.8 Å². The minimum absolute atomic E-state index is 0.102. The van der Waals surface area contributed by atoms with Crippen molar-refractivity contribution < 1.29 is 13.2 Å². The van der Waals surface area contributed by atoms with E-state index in [1.165, 1.54) is 11.6 Å². The third-order valence-corrected chi connectivity index (χ3v) is 4.38. The first-order valence-electron chi connectivity index (χ1n) is 6.35. The summed E-state index contributed by atoms with van der Waals surface area (Å²) in [6.07, 6.45) is 0.870. The van der Waals surface area contributed by atoms with E-state index in [9.17, 15) is 8.42 Å². The van der Waals surface area contributed by atoms with Crippen LogP contribution in [-0.4, -0.2) is 15.0 Å². The fraction of sp³-hybridized carbons (Fsp3) is 0.429. The minimum Gasteiger partial charge on any atom is -0.489 e. The lowest BCUT2D eigenvalue weighted by Gasteiger charge is -2.17. The van der Waals surface area contributed by atoms with Gasteiger partial charge in [0.05, 0.1) is 4.90 Å². The molecule has 1 aromatic rings. The molecule has 0 fully saturated rings. The van der Waals surface area contributed by atoms with Crippen molar-refractivity contribution in [1.29, 1.82) is 0 Å². The average Bonchev–Trinajstić information content (AvgIpc) is 2.42. The Kier molecular flexibility index (Phi) is 6.05. The van der Waals surface area contributed by atoms with Crippen LogP contribution in [0.3, 0.4) is 0 Å². The zero-order valence-corrected chi connectivity index (χ0v) is 13.5. The van der Waals surface area contributed by atoms with Crippen LogP contribution in [0.1, 0.15) is 38.7 Å². The number of rotatable bonds is 6. The molecule has 0 amide bonds. The molecule has 0 aliphatic rings. The highest BCUT2D eigenvalue weighted by Crippen LogP contribution is 2.31. The molecule has 1 atom stereocenters. The van der Waals surface area contributed by atoms with E-state index in [0.29, 0.717) is 12.4 Å². The maximum absolute atomic E-state index is 11.4. The summed E-state index contributed by atoms with van der Waals surface area (Å²) >= 11 is 5.60. The van der Waals surface area contributed by atoms with Crippen LogP contribution in [-0.2, 0) is 10.0 Å². The van der Waals surface area contributed by atoms with E-state index in [-0.39, 0.29) is 10.8 Å². The molecular weight excluding hydrogens is 298 g/mol. The van der Waals surface area contributed by atoms with Crippen LogP contribution in [0.2, 0.25) is 0 Å². The van der Waals surface area contributed by atoms with Gasteiger partial charge in [0, 0.05) is 5.54 Å².